The van der Waals surface area contributed by atoms with Gasteiger partial charge in [0.15, 0.2) is 0 Å². The van der Waals surface area contributed by atoms with Crippen LogP contribution < -0.4 is 27.0 Å². The molecule has 39 heavy (non-hydrogen) atoms. The number of aromatic nitrogens is 6. The maximum absolute atomic E-state index is 12.8. The summed E-state index contributed by atoms with van der Waals surface area (Å²) in [5.74, 6) is -3.97. The molecule has 3 aromatic heterocycles. The van der Waals surface area contributed by atoms with Crippen LogP contribution in [-0.2, 0) is 43.2 Å². The smallest absolute Gasteiger partial charge is 0.326 e. The predicted octanol–water partition coefficient (Wildman–Crippen LogP) is -3.50. The number of hydrogen-bond acceptors (Lipinski definition) is 9. The number of nitrogens with one attached hydrogen (secondary N) is 7. The summed E-state index contributed by atoms with van der Waals surface area (Å²) in [5, 5.41) is 19.0. The van der Waals surface area contributed by atoms with Crippen molar-refractivity contribution in [1.82, 2.24) is 51.2 Å². The standard InChI is InChI=1S/C22H29N11O6/c23-15(1-12-4-24-9-29-12)20(36)27-7-18(34)32-16(2-13-5-25-10-30-13)21(37)28-8-19(35)33-17(22(38)39)3-14-6-26-11-31-14/h4-6,9-11,15-17H,1-3,7-8,23H2,(H,24,29)(H,25,30)(H,26,31)(H,27,36)(H,28,37)(H,32,34)(H,33,35)(H,38,39)/t15-,16-,17-/m0/s1. The molecule has 17 heteroatoms. The van der Waals surface area contributed by atoms with Crippen LogP contribution in [0.25, 0.3) is 0 Å². The minimum Gasteiger partial charge on any atom is -0.480 e. The zero-order chi connectivity index (χ0) is 28.2. The van der Waals surface area contributed by atoms with Crippen molar-refractivity contribution in [2.75, 3.05) is 13.1 Å². The van der Waals surface area contributed by atoms with Crippen LogP contribution in [-0.4, -0.2) is 95.8 Å². The number of amides is 4. The predicted molar refractivity (Wildman–Crippen MR) is 132 cm³/mol. The largest absolute Gasteiger partial charge is 0.480 e. The van der Waals surface area contributed by atoms with E-state index in [1.54, 1.807) is 0 Å². The highest BCUT2D eigenvalue weighted by Gasteiger charge is 2.25. The molecule has 0 saturated heterocycles. The number of rotatable bonds is 15. The van der Waals surface area contributed by atoms with E-state index in [4.69, 9.17) is 5.73 Å². The number of imidazole rings is 3. The van der Waals surface area contributed by atoms with E-state index in [2.05, 4.69) is 51.2 Å². The van der Waals surface area contributed by atoms with Crippen LogP contribution in [0, 0.1) is 0 Å². The fraction of sp³-hybridized carbons (Fsp3) is 0.364. The van der Waals surface area contributed by atoms with Crippen molar-refractivity contribution in [2.24, 2.45) is 5.73 Å². The van der Waals surface area contributed by atoms with Gasteiger partial charge in [-0.15, -0.1) is 0 Å². The molecular formula is C22H29N11O6. The number of aliphatic carboxylic acids is 1. The van der Waals surface area contributed by atoms with Crippen molar-refractivity contribution in [3.05, 3.63) is 54.7 Å². The topological polar surface area (TPSA) is 266 Å². The van der Waals surface area contributed by atoms with Crippen LogP contribution in [0.4, 0.5) is 0 Å². The summed E-state index contributed by atoms with van der Waals surface area (Å²) in [5.41, 5.74) is 7.53. The van der Waals surface area contributed by atoms with E-state index in [1.807, 2.05) is 0 Å². The Morgan fingerprint density at radius 1 is 0.718 bits per heavy atom. The van der Waals surface area contributed by atoms with Gasteiger partial charge in [0, 0.05) is 54.9 Å². The molecule has 208 valence electrons. The van der Waals surface area contributed by atoms with Gasteiger partial charge in [0.2, 0.25) is 23.6 Å². The lowest BCUT2D eigenvalue weighted by molar-refractivity contribution is -0.141. The molecule has 0 bridgehead atoms. The maximum atomic E-state index is 12.8. The quantitative estimate of drug-likeness (QED) is 0.0912. The summed E-state index contributed by atoms with van der Waals surface area (Å²) in [6, 6.07) is -3.32. The normalized spacial score (nSPS) is 13.1. The number of carbonyl (C=O) groups is 5. The maximum Gasteiger partial charge on any atom is 0.326 e. The highest BCUT2D eigenvalue weighted by Crippen LogP contribution is 2.01. The van der Waals surface area contributed by atoms with Gasteiger partial charge < -0.3 is 47.1 Å². The van der Waals surface area contributed by atoms with E-state index in [0.29, 0.717) is 17.1 Å². The lowest BCUT2D eigenvalue weighted by Crippen LogP contribution is -2.53. The molecule has 4 amide bonds. The van der Waals surface area contributed by atoms with E-state index >= 15 is 0 Å². The second kappa shape index (κ2) is 14.0. The third kappa shape index (κ3) is 9.39. The molecular weight excluding hydrogens is 514 g/mol. The van der Waals surface area contributed by atoms with Crippen molar-refractivity contribution in [3.8, 4) is 0 Å². The van der Waals surface area contributed by atoms with E-state index in [9.17, 15) is 29.1 Å². The zero-order valence-corrected chi connectivity index (χ0v) is 20.6. The molecule has 0 saturated carbocycles. The van der Waals surface area contributed by atoms with Crippen LogP contribution >= 0.6 is 0 Å². The minimum absolute atomic E-state index is 0.00402. The first kappa shape index (κ1) is 28.5. The van der Waals surface area contributed by atoms with Crippen LogP contribution in [0.1, 0.15) is 17.1 Å². The summed E-state index contributed by atoms with van der Waals surface area (Å²) in [7, 11) is 0. The van der Waals surface area contributed by atoms with Crippen LogP contribution in [0.3, 0.4) is 0 Å². The van der Waals surface area contributed by atoms with Gasteiger partial charge in [-0.1, -0.05) is 0 Å². The molecule has 0 aliphatic rings. The molecule has 3 atom stereocenters. The monoisotopic (exact) mass is 543 g/mol. The molecule has 3 heterocycles. The SMILES string of the molecule is N[C@@H](Cc1cnc[nH]1)C(=O)NCC(=O)N[C@@H](Cc1cnc[nH]1)C(=O)NCC(=O)N[C@@H](Cc1cnc[nH]1)C(=O)O. The van der Waals surface area contributed by atoms with Gasteiger partial charge in [-0.05, 0) is 0 Å². The molecule has 3 rings (SSSR count). The molecule has 0 unspecified atom stereocenters. The number of aromatic amines is 3. The molecule has 10 N–H and O–H groups in total. The van der Waals surface area contributed by atoms with Crippen LogP contribution in [0.2, 0.25) is 0 Å². The lowest BCUT2D eigenvalue weighted by Gasteiger charge is -2.19. The molecule has 0 aliphatic heterocycles. The zero-order valence-electron chi connectivity index (χ0n) is 20.6. The molecule has 0 aliphatic carbocycles. The first-order valence-corrected chi connectivity index (χ1v) is 11.8. The van der Waals surface area contributed by atoms with Crippen molar-refractivity contribution in [2.45, 2.75) is 37.4 Å². The minimum atomic E-state index is -1.26. The molecule has 0 aromatic carbocycles. The van der Waals surface area contributed by atoms with Gasteiger partial charge in [0.1, 0.15) is 12.1 Å². The Labute approximate surface area is 221 Å². The average molecular weight is 544 g/mol. The van der Waals surface area contributed by atoms with Gasteiger partial charge in [0.05, 0.1) is 38.1 Å². The summed E-state index contributed by atoms with van der Waals surface area (Å²) >= 11 is 0. The Bertz CT molecular complexity index is 1230. The summed E-state index contributed by atoms with van der Waals surface area (Å²) in [6.45, 7) is -0.989. The third-order valence-electron chi connectivity index (χ3n) is 5.42. The first-order chi connectivity index (χ1) is 18.7. The molecule has 17 nitrogen and oxygen atoms in total. The van der Waals surface area contributed by atoms with Gasteiger partial charge in [0.25, 0.3) is 0 Å². The Morgan fingerprint density at radius 2 is 1.15 bits per heavy atom. The number of H-pyrrole nitrogens is 3. The van der Waals surface area contributed by atoms with E-state index in [-0.39, 0.29) is 19.3 Å². The molecule has 0 radical (unpaired) electrons. The number of carboxylic acid groups (broad SMARTS) is 1. The highest BCUT2D eigenvalue weighted by atomic mass is 16.4. The van der Waals surface area contributed by atoms with Crippen molar-refractivity contribution in [3.63, 3.8) is 0 Å². The van der Waals surface area contributed by atoms with E-state index in [1.165, 1.54) is 37.6 Å². The van der Waals surface area contributed by atoms with Crippen molar-refractivity contribution < 1.29 is 29.1 Å². The molecule has 3 aromatic rings. The summed E-state index contributed by atoms with van der Waals surface area (Å²) in [6.07, 6.45) is 8.80. The Kier molecular flexibility index (Phi) is 10.3. The Morgan fingerprint density at radius 3 is 1.62 bits per heavy atom. The lowest BCUT2D eigenvalue weighted by atomic mass is 10.1. The number of carbonyl (C=O) groups excluding carboxylic acids is 4. The van der Waals surface area contributed by atoms with Crippen molar-refractivity contribution in [1.29, 1.82) is 0 Å². The summed E-state index contributed by atoms with van der Waals surface area (Å²) < 4.78 is 0. The molecule has 0 spiro atoms. The number of hydrogen-bond donors (Lipinski definition) is 9. The van der Waals surface area contributed by atoms with Crippen molar-refractivity contribution >= 4 is 29.6 Å². The number of nitrogens with two attached hydrogens (primary N) is 1. The Balaban J connectivity index is 1.50. The van der Waals surface area contributed by atoms with Crippen LogP contribution in [0.15, 0.2) is 37.6 Å². The van der Waals surface area contributed by atoms with Gasteiger partial charge in [-0.3, -0.25) is 19.2 Å². The fourth-order valence-corrected chi connectivity index (χ4v) is 3.45. The number of carboxylic acids is 1. The third-order valence-corrected chi connectivity index (χ3v) is 5.42. The highest BCUT2D eigenvalue weighted by molar-refractivity contribution is 5.93. The summed E-state index contributed by atoms with van der Waals surface area (Å²) in [4.78, 5) is 81.3. The molecule has 0 fully saturated rings. The second-order valence-corrected chi connectivity index (χ2v) is 8.46. The van der Waals surface area contributed by atoms with Crippen LogP contribution in [0.5, 0.6) is 0 Å². The first-order valence-electron chi connectivity index (χ1n) is 11.8. The van der Waals surface area contributed by atoms with E-state index < -0.39 is 60.8 Å². The van der Waals surface area contributed by atoms with Gasteiger partial charge in [-0.2, -0.15) is 0 Å². The van der Waals surface area contributed by atoms with Gasteiger partial charge in [-0.25, -0.2) is 19.7 Å². The second-order valence-electron chi connectivity index (χ2n) is 8.46. The Hall–Kier alpha value is -5.06. The fourth-order valence-electron chi connectivity index (χ4n) is 3.45. The van der Waals surface area contributed by atoms with Gasteiger partial charge >= 0.3 is 5.97 Å². The van der Waals surface area contributed by atoms with E-state index in [0.717, 1.165) is 0 Å². The average Bonchev–Trinajstić information content (AvgIpc) is 3.69. The number of nitrogens with zero attached hydrogens (tertiary/aromatic N) is 3.